The number of aliphatic imine (C=N–C) groups is 1. The quantitative estimate of drug-likeness (QED) is 0.605. The Kier molecular flexibility index (Phi) is 1.95. The molecular formula is C14H10N2. The highest BCUT2D eigenvalue weighted by molar-refractivity contribution is 5.98. The summed E-state index contributed by atoms with van der Waals surface area (Å²) in [5, 5.41) is 1.12. The number of aromatic nitrogens is 1. The topological polar surface area (TPSA) is 25.2 Å². The number of hydrogen-bond acceptors (Lipinski definition) is 2. The van der Waals surface area contributed by atoms with Crippen LogP contribution in [0.2, 0.25) is 0 Å². The SMILES string of the molecule is CC1=C=CC=Nc2c1ccc1cccnc21. The lowest BCUT2D eigenvalue weighted by Crippen LogP contribution is -1.84. The molecule has 0 spiro atoms. The van der Waals surface area contributed by atoms with E-state index in [2.05, 4.69) is 33.9 Å². The van der Waals surface area contributed by atoms with Gasteiger partial charge in [-0.05, 0) is 19.1 Å². The van der Waals surface area contributed by atoms with Gasteiger partial charge in [0.2, 0.25) is 0 Å². The van der Waals surface area contributed by atoms with E-state index in [1.165, 1.54) is 0 Å². The summed E-state index contributed by atoms with van der Waals surface area (Å²) in [5.41, 5.74) is 7.28. The van der Waals surface area contributed by atoms with Gasteiger partial charge in [-0.1, -0.05) is 18.2 Å². The standard InChI is InChI=1S/C14H10N2/c1-10-4-2-8-16-14-12(10)7-6-11-5-3-9-15-13(11)14/h2-3,5-9H,1H3. The van der Waals surface area contributed by atoms with E-state index in [1.54, 1.807) is 12.4 Å². The van der Waals surface area contributed by atoms with Crippen LogP contribution in [0.1, 0.15) is 12.5 Å². The van der Waals surface area contributed by atoms with E-state index in [0.717, 1.165) is 27.7 Å². The number of benzene rings is 1. The van der Waals surface area contributed by atoms with Crippen LogP contribution in [0, 0.1) is 0 Å². The molecule has 0 fully saturated rings. The molecule has 0 amide bonds. The highest BCUT2D eigenvalue weighted by Crippen LogP contribution is 2.33. The molecule has 2 aromatic rings. The molecule has 16 heavy (non-hydrogen) atoms. The molecule has 0 unspecified atom stereocenters. The van der Waals surface area contributed by atoms with Crippen LogP contribution in [-0.2, 0) is 0 Å². The lowest BCUT2D eigenvalue weighted by atomic mass is 10.0. The van der Waals surface area contributed by atoms with Crippen molar-refractivity contribution in [2.24, 2.45) is 4.99 Å². The van der Waals surface area contributed by atoms with Crippen LogP contribution in [0.5, 0.6) is 0 Å². The minimum atomic E-state index is 0.942. The molecule has 0 saturated carbocycles. The molecule has 2 heterocycles. The fourth-order valence-corrected chi connectivity index (χ4v) is 1.91. The van der Waals surface area contributed by atoms with Gasteiger partial charge in [0.1, 0.15) is 0 Å². The van der Waals surface area contributed by atoms with Crippen molar-refractivity contribution in [1.82, 2.24) is 4.98 Å². The van der Waals surface area contributed by atoms with Crippen LogP contribution in [0.25, 0.3) is 16.5 Å². The summed E-state index contributed by atoms with van der Waals surface area (Å²) in [4.78, 5) is 8.84. The van der Waals surface area contributed by atoms with Crippen molar-refractivity contribution < 1.29 is 0 Å². The number of pyridine rings is 1. The molecule has 1 aromatic heterocycles. The Morgan fingerprint density at radius 3 is 3.06 bits per heavy atom. The molecule has 0 radical (unpaired) electrons. The predicted octanol–water partition coefficient (Wildman–Crippen LogP) is 3.51. The molecular weight excluding hydrogens is 196 g/mol. The Morgan fingerprint density at radius 1 is 1.19 bits per heavy atom. The van der Waals surface area contributed by atoms with E-state index >= 15 is 0 Å². The van der Waals surface area contributed by atoms with Gasteiger partial charge in [-0.15, -0.1) is 5.73 Å². The summed E-state index contributed by atoms with van der Waals surface area (Å²) in [6.07, 6.45) is 5.41. The molecule has 0 atom stereocenters. The molecule has 0 bridgehead atoms. The first kappa shape index (κ1) is 9.08. The van der Waals surface area contributed by atoms with Gasteiger partial charge in [0, 0.05) is 28.9 Å². The number of fused-ring (bicyclic) bond motifs is 3. The van der Waals surface area contributed by atoms with E-state index in [9.17, 15) is 0 Å². The maximum atomic E-state index is 4.44. The van der Waals surface area contributed by atoms with Gasteiger partial charge in [-0.2, -0.15) is 0 Å². The largest absolute Gasteiger partial charge is 0.254 e. The Hall–Kier alpha value is -2.18. The Morgan fingerprint density at radius 2 is 2.12 bits per heavy atom. The number of rotatable bonds is 0. The van der Waals surface area contributed by atoms with Crippen LogP contribution in [0.3, 0.4) is 0 Å². The first-order chi connectivity index (χ1) is 7.86. The van der Waals surface area contributed by atoms with Crippen LogP contribution in [0.4, 0.5) is 5.69 Å². The van der Waals surface area contributed by atoms with Gasteiger partial charge in [0.15, 0.2) is 0 Å². The lowest BCUT2D eigenvalue weighted by molar-refractivity contribution is 1.38. The average molecular weight is 206 g/mol. The molecule has 3 rings (SSSR count). The second-order valence-electron chi connectivity index (χ2n) is 3.75. The van der Waals surface area contributed by atoms with E-state index in [1.807, 2.05) is 19.1 Å². The fourth-order valence-electron chi connectivity index (χ4n) is 1.91. The van der Waals surface area contributed by atoms with Gasteiger partial charge < -0.3 is 0 Å². The van der Waals surface area contributed by atoms with Crippen LogP contribution < -0.4 is 0 Å². The van der Waals surface area contributed by atoms with E-state index in [4.69, 9.17) is 0 Å². The molecule has 76 valence electrons. The first-order valence-corrected chi connectivity index (χ1v) is 5.20. The number of hydrogen-bond donors (Lipinski definition) is 0. The van der Waals surface area contributed by atoms with E-state index in [0.29, 0.717) is 0 Å². The predicted molar refractivity (Wildman–Crippen MR) is 67.1 cm³/mol. The van der Waals surface area contributed by atoms with Crippen molar-refractivity contribution in [2.45, 2.75) is 6.92 Å². The molecule has 1 aromatic carbocycles. The summed E-state index contributed by atoms with van der Waals surface area (Å²) in [6.45, 7) is 2.04. The maximum absolute atomic E-state index is 4.44. The Bertz CT molecular complexity index is 659. The van der Waals surface area contributed by atoms with Crippen LogP contribution in [0.15, 0.2) is 47.3 Å². The highest BCUT2D eigenvalue weighted by atomic mass is 14.8. The molecule has 0 saturated heterocycles. The van der Waals surface area contributed by atoms with Crippen molar-refractivity contribution in [3.05, 3.63) is 47.8 Å². The van der Waals surface area contributed by atoms with Gasteiger partial charge in [0.05, 0.1) is 11.2 Å². The molecule has 1 aliphatic rings. The van der Waals surface area contributed by atoms with Crippen LogP contribution >= 0.6 is 0 Å². The number of nitrogens with zero attached hydrogens (tertiary/aromatic N) is 2. The molecule has 0 aliphatic carbocycles. The fraction of sp³-hybridized carbons (Fsp3) is 0.0714. The van der Waals surface area contributed by atoms with E-state index < -0.39 is 0 Å². The average Bonchev–Trinajstić information content (AvgIpc) is 2.52. The Labute approximate surface area is 93.7 Å². The summed E-state index contributed by atoms with van der Waals surface area (Å²) < 4.78 is 0. The van der Waals surface area contributed by atoms with Crippen molar-refractivity contribution in [3.63, 3.8) is 0 Å². The minimum Gasteiger partial charge on any atom is -0.254 e. The van der Waals surface area contributed by atoms with Crippen LogP contribution in [-0.4, -0.2) is 11.2 Å². The second-order valence-corrected chi connectivity index (χ2v) is 3.75. The second kappa shape index (κ2) is 3.44. The Balaban J connectivity index is 2.46. The molecule has 0 N–H and O–H groups in total. The summed E-state index contributed by atoms with van der Waals surface area (Å²) in [5.74, 6) is 0. The zero-order chi connectivity index (χ0) is 11.0. The summed E-state index contributed by atoms with van der Waals surface area (Å²) in [7, 11) is 0. The first-order valence-electron chi connectivity index (χ1n) is 5.20. The minimum absolute atomic E-state index is 0.942. The third-order valence-corrected chi connectivity index (χ3v) is 2.73. The lowest BCUT2D eigenvalue weighted by Gasteiger charge is -2.06. The van der Waals surface area contributed by atoms with Gasteiger partial charge in [-0.25, -0.2) is 0 Å². The maximum Gasteiger partial charge on any atom is 0.0973 e. The zero-order valence-corrected chi connectivity index (χ0v) is 8.94. The third kappa shape index (κ3) is 1.28. The van der Waals surface area contributed by atoms with Crippen molar-refractivity contribution >= 4 is 28.4 Å². The third-order valence-electron chi connectivity index (χ3n) is 2.73. The van der Waals surface area contributed by atoms with Gasteiger partial charge >= 0.3 is 0 Å². The summed E-state index contributed by atoms with van der Waals surface area (Å²) in [6, 6.07) is 8.15. The monoisotopic (exact) mass is 206 g/mol. The summed E-state index contributed by atoms with van der Waals surface area (Å²) >= 11 is 0. The molecule has 2 heteroatoms. The number of allylic oxidation sites excluding steroid dienone is 1. The normalized spacial score (nSPS) is 13.4. The van der Waals surface area contributed by atoms with Crippen molar-refractivity contribution in [1.29, 1.82) is 0 Å². The molecule has 1 aliphatic heterocycles. The van der Waals surface area contributed by atoms with E-state index in [-0.39, 0.29) is 0 Å². The molecule has 2 nitrogen and oxygen atoms in total. The van der Waals surface area contributed by atoms with Crippen molar-refractivity contribution in [2.75, 3.05) is 0 Å². The highest BCUT2D eigenvalue weighted by Gasteiger charge is 2.09. The van der Waals surface area contributed by atoms with Crippen molar-refractivity contribution in [3.8, 4) is 0 Å². The smallest absolute Gasteiger partial charge is 0.0973 e. The zero-order valence-electron chi connectivity index (χ0n) is 8.94. The van der Waals surface area contributed by atoms with Gasteiger partial charge in [-0.3, -0.25) is 9.98 Å². The van der Waals surface area contributed by atoms with Gasteiger partial charge in [0.25, 0.3) is 0 Å².